The number of sulfone groups is 1. The highest BCUT2D eigenvalue weighted by Gasteiger charge is 2.26. The van der Waals surface area contributed by atoms with E-state index < -0.39 is 15.9 Å². The molecule has 1 N–H and O–H groups in total. The van der Waals surface area contributed by atoms with E-state index in [0.29, 0.717) is 0 Å². The molecule has 3 nitrogen and oxygen atoms in total. The van der Waals surface area contributed by atoms with E-state index in [-0.39, 0.29) is 16.9 Å². The summed E-state index contributed by atoms with van der Waals surface area (Å²) in [5, 5.41) is 9.47. The largest absolute Gasteiger partial charge is 0.392 e. The molecule has 0 fully saturated rings. The van der Waals surface area contributed by atoms with E-state index in [2.05, 4.69) is 0 Å². The lowest BCUT2D eigenvalue weighted by Crippen LogP contribution is -2.33. The van der Waals surface area contributed by atoms with Crippen LogP contribution in [0, 0.1) is 5.41 Å². The number of hydrogen-bond donors (Lipinski definition) is 1. The number of aliphatic hydroxyl groups is 1. The summed E-state index contributed by atoms with van der Waals surface area (Å²) in [6.45, 7) is 7.05. The highest BCUT2D eigenvalue weighted by atomic mass is 32.2. The van der Waals surface area contributed by atoms with Crippen molar-refractivity contribution in [2.24, 2.45) is 5.41 Å². The van der Waals surface area contributed by atoms with Gasteiger partial charge >= 0.3 is 0 Å². The van der Waals surface area contributed by atoms with Crippen LogP contribution in [0.5, 0.6) is 0 Å². The molecule has 0 spiro atoms. The van der Waals surface area contributed by atoms with Crippen LogP contribution < -0.4 is 0 Å². The van der Waals surface area contributed by atoms with Crippen LogP contribution in [0.3, 0.4) is 0 Å². The van der Waals surface area contributed by atoms with E-state index in [0.717, 1.165) is 0 Å². The SMILES string of the molecule is CCS(=O)(=O)CC(O)C(C)(C)C. The van der Waals surface area contributed by atoms with Gasteiger partial charge in [-0.05, 0) is 5.41 Å². The Morgan fingerprint density at radius 1 is 1.33 bits per heavy atom. The predicted octanol–water partition coefficient (Wildman–Crippen LogP) is 0.828. The van der Waals surface area contributed by atoms with E-state index in [4.69, 9.17) is 0 Å². The maximum absolute atomic E-state index is 11.1. The van der Waals surface area contributed by atoms with E-state index >= 15 is 0 Å². The van der Waals surface area contributed by atoms with Gasteiger partial charge in [-0.25, -0.2) is 8.42 Å². The normalized spacial score (nSPS) is 16.1. The second kappa shape index (κ2) is 3.75. The summed E-state index contributed by atoms with van der Waals surface area (Å²) in [6, 6.07) is 0. The van der Waals surface area contributed by atoms with Crippen LogP contribution in [0.1, 0.15) is 27.7 Å². The zero-order valence-electron chi connectivity index (χ0n) is 8.16. The van der Waals surface area contributed by atoms with Gasteiger partial charge in [-0.1, -0.05) is 27.7 Å². The molecule has 0 saturated carbocycles. The molecule has 0 radical (unpaired) electrons. The minimum atomic E-state index is -3.05. The van der Waals surface area contributed by atoms with Crippen LogP contribution in [0.2, 0.25) is 0 Å². The molecule has 1 atom stereocenters. The fraction of sp³-hybridized carbons (Fsp3) is 1.00. The third kappa shape index (κ3) is 4.07. The van der Waals surface area contributed by atoms with Crippen molar-refractivity contribution >= 4 is 9.84 Å². The molecule has 1 unspecified atom stereocenters. The summed E-state index contributed by atoms with van der Waals surface area (Å²) in [5.41, 5.74) is -0.359. The predicted molar refractivity (Wildman–Crippen MR) is 49.8 cm³/mol. The van der Waals surface area contributed by atoms with Gasteiger partial charge in [0.05, 0.1) is 11.9 Å². The molecule has 0 aromatic rings. The summed E-state index contributed by atoms with van der Waals surface area (Å²) >= 11 is 0. The minimum Gasteiger partial charge on any atom is -0.392 e. The van der Waals surface area contributed by atoms with Crippen molar-refractivity contribution in [2.45, 2.75) is 33.8 Å². The van der Waals surface area contributed by atoms with Gasteiger partial charge < -0.3 is 5.11 Å². The van der Waals surface area contributed by atoms with Crippen molar-refractivity contribution in [1.82, 2.24) is 0 Å². The first-order valence-electron chi connectivity index (χ1n) is 4.07. The molecule has 0 aliphatic rings. The van der Waals surface area contributed by atoms with Crippen molar-refractivity contribution < 1.29 is 13.5 Å². The van der Waals surface area contributed by atoms with Crippen LogP contribution >= 0.6 is 0 Å². The molecule has 12 heavy (non-hydrogen) atoms. The summed E-state index contributed by atoms with van der Waals surface area (Å²) in [5.74, 6) is -0.0346. The Labute approximate surface area is 74.7 Å². The third-order valence-electron chi connectivity index (χ3n) is 1.85. The second-order valence-electron chi connectivity index (χ2n) is 4.08. The lowest BCUT2D eigenvalue weighted by Gasteiger charge is -2.25. The van der Waals surface area contributed by atoms with E-state index in [1.807, 2.05) is 20.8 Å². The Morgan fingerprint density at radius 3 is 2.00 bits per heavy atom. The minimum absolute atomic E-state index is 0.0974. The fourth-order valence-electron chi connectivity index (χ4n) is 0.608. The number of rotatable bonds is 3. The highest BCUT2D eigenvalue weighted by Crippen LogP contribution is 2.20. The molecule has 0 aliphatic heterocycles. The van der Waals surface area contributed by atoms with E-state index in [1.165, 1.54) is 0 Å². The van der Waals surface area contributed by atoms with E-state index in [1.54, 1.807) is 6.92 Å². The molecule has 0 saturated heterocycles. The molecule has 0 rings (SSSR count). The third-order valence-corrected chi connectivity index (χ3v) is 3.55. The van der Waals surface area contributed by atoms with Gasteiger partial charge in [0.1, 0.15) is 0 Å². The molecule has 4 heteroatoms. The Kier molecular flexibility index (Phi) is 3.72. The van der Waals surface area contributed by atoms with E-state index in [9.17, 15) is 13.5 Å². The van der Waals surface area contributed by atoms with Gasteiger partial charge in [-0.3, -0.25) is 0 Å². The van der Waals surface area contributed by atoms with Crippen LogP contribution in [0.4, 0.5) is 0 Å². The fourth-order valence-corrected chi connectivity index (χ4v) is 1.83. The highest BCUT2D eigenvalue weighted by molar-refractivity contribution is 7.91. The smallest absolute Gasteiger partial charge is 0.152 e. The maximum Gasteiger partial charge on any atom is 0.152 e. The quantitative estimate of drug-likeness (QED) is 0.724. The van der Waals surface area contributed by atoms with Crippen LogP contribution in [-0.4, -0.2) is 31.1 Å². The Morgan fingerprint density at radius 2 is 1.75 bits per heavy atom. The second-order valence-corrected chi connectivity index (χ2v) is 6.48. The Bertz CT molecular complexity index is 223. The first-order chi connectivity index (χ1) is 5.19. The Balaban J connectivity index is 4.30. The lowest BCUT2D eigenvalue weighted by molar-refractivity contribution is 0.0827. The molecule has 74 valence electrons. The van der Waals surface area contributed by atoms with Crippen LogP contribution in [0.15, 0.2) is 0 Å². The summed E-state index contributed by atoms with van der Waals surface area (Å²) in [6.07, 6.45) is -0.776. The molecule has 0 aromatic heterocycles. The molecule has 0 aliphatic carbocycles. The van der Waals surface area contributed by atoms with Crippen molar-refractivity contribution in [2.75, 3.05) is 11.5 Å². The van der Waals surface area contributed by atoms with Crippen LogP contribution in [-0.2, 0) is 9.84 Å². The topological polar surface area (TPSA) is 54.4 Å². The Hall–Kier alpha value is -0.0900. The first-order valence-corrected chi connectivity index (χ1v) is 5.89. The van der Waals surface area contributed by atoms with Gasteiger partial charge in [0, 0.05) is 5.75 Å². The van der Waals surface area contributed by atoms with Gasteiger partial charge in [0.15, 0.2) is 9.84 Å². The monoisotopic (exact) mass is 194 g/mol. The number of hydrogen-bond acceptors (Lipinski definition) is 3. The standard InChI is InChI=1S/C8H18O3S/c1-5-12(10,11)6-7(9)8(2,3)4/h7,9H,5-6H2,1-4H3. The molecular formula is C8H18O3S. The van der Waals surface area contributed by atoms with Crippen molar-refractivity contribution in [3.8, 4) is 0 Å². The first kappa shape index (κ1) is 11.9. The summed E-state index contributed by atoms with van der Waals surface area (Å²) < 4.78 is 22.2. The maximum atomic E-state index is 11.1. The molecular weight excluding hydrogens is 176 g/mol. The van der Waals surface area contributed by atoms with Crippen molar-refractivity contribution in [3.05, 3.63) is 0 Å². The van der Waals surface area contributed by atoms with Gasteiger partial charge in [0.2, 0.25) is 0 Å². The lowest BCUT2D eigenvalue weighted by atomic mass is 9.90. The zero-order chi connectivity index (χ0) is 9.99. The molecule has 0 aromatic carbocycles. The average Bonchev–Trinajstić information content (AvgIpc) is 1.85. The van der Waals surface area contributed by atoms with Crippen LogP contribution in [0.25, 0.3) is 0 Å². The van der Waals surface area contributed by atoms with Gasteiger partial charge in [0.25, 0.3) is 0 Å². The molecule has 0 amide bonds. The average molecular weight is 194 g/mol. The number of aliphatic hydroxyl groups excluding tert-OH is 1. The van der Waals surface area contributed by atoms with Crippen molar-refractivity contribution in [3.63, 3.8) is 0 Å². The summed E-state index contributed by atoms with van der Waals surface area (Å²) in [4.78, 5) is 0. The zero-order valence-corrected chi connectivity index (χ0v) is 8.98. The van der Waals surface area contributed by atoms with Gasteiger partial charge in [-0.15, -0.1) is 0 Å². The summed E-state index contributed by atoms with van der Waals surface area (Å²) in [7, 11) is -3.05. The van der Waals surface area contributed by atoms with Crippen molar-refractivity contribution in [1.29, 1.82) is 0 Å². The molecule has 0 heterocycles. The van der Waals surface area contributed by atoms with Gasteiger partial charge in [-0.2, -0.15) is 0 Å². The molecule has 0 bridgehead atoms.